The fraction of sp³-hybridized carbons (Fsp3) is 1.00. The Hall–Kier alpha value is 0.696. The summed E-state index contributed by atoms with van der Waals surface area (Å²) in [6.45, 7) is 0. The molecule has 0 amide bonds. The molecule has 0 aromatic carbocycles. The molecular formula is CH7MnNSi. The molecule has 0 aromatic rings. The molecule has 0 aliphatic rings. The average Bonchev–Trinajstić information content (AvgIpc) is 0. The van der Waals surface area contributed by atoms with E-state index < -0.39 is 0 Å². The molecule has 0 saturated carbocycles. The van der Waals surface area contributed by atoms with Gasteiger partial charge in [0.25, 0.3) is 0 Å². The van der Waals surface area contributed by atoms with E-state index >= 15 is 0 Å². The SMILES string of the molecule is C.N.[Mn].[Si]. The van der Waals surface area contributed by atoms with E-state index in [-0.39, 0.29) is 41.6 Å². The van der Waals surface area contributed by atoms with Gasteiger partial charge in [-0.05, 0) is 0 Å². The van der Waals surface area contributed by atoms with Crippen LogP contribution >= 0.6 is 0 Å². The van der Waals surface area contributed by atoms with Crippen molar-refractivity contribution in [2.24, 2.45) is 0 Å². The van der Waals surface area contributed by atoms with Crippen molar-refractivity contribution in [3.8, 4) is 0 Å². The van der Waals surface area contributed by atoms with Crippen LogP contribution in [-0.4, -0.2) is 11.0 Å². The maximum absolute atomic E-state index is 0. The largest absolute Gasteiger partial charge is 0.344 e. The van der Waals surface area contributed by atoms with E-state index in [9.17, 15) is 0 Å². The molecule has 0 heterocycles. The third-order valence-corrected chi connectivity index (χ3v) is 0. The minimum Gasteiger partial charge on any atom is -0.344 e. The predicted molar refractivity (Wildman–Crippen MR) is 17.5 cm³/mol. The van der Waals surface area contributed by atoms with Gasteiger partial charge < -0.3 is 6.15 Å². The Labute approximate surface area is 42.2 Å². The third-order valence-electron chi connectivity index (χ3n) is 0. The van der Waals surface area contributed by atoms with Gasteiger partial charge in [-0.3, -0.25) is 0 Å². The van der Waals surface area contributed by atoms with Gasteiger partial charge >= 0.3 is 0 Å². The molecule has 0 aliphatic carbocycles. The van der Waals surface area contributed by atoms with E-state index in [1.165, 1.54) is 0 Å². The molecule has 27 valence electrons. The molecule has 5 radical (unpaired) electrons. The first kappa shape index (κ1) is 132. The summed E-state index contributed by atoms with van der Waals surface area (Å²) in [5, 5.41) is 0. The molecule has 3 heteroatoms. The van der Waals surface area contributed by atoms with Crippen molar-refractivity contribution >= 4 is 11.0 Å². The summed E-state index contributed by atoms with van der Waals surface area (Å²) in [6, 6.07) is 0. The smallest absolute Gasteiger partial charge is 0 e. The molecule has 0 aliphatic heterocycles. The van der Waals surface area contributed by atoms with Gasteiger partial charge in [-0.2, -0.15) is 0 Å². The van der Waals surface area contributed by atoms with E-state index in [4.69, 9.17) is 0 Å². The van der Waals surface area contributed by atoms with Crippen LogP contribution in [0.3, 0.4) is 0 Å². The second-order valence-electron chi connectivity index (χ2n) is 0. The minimum absolute atomic E-state index is 0. The van der Waals surface area contributed by atoms with Crippen molar-refractivity contribution in [3.63, 3.8) is 0 Å². The Morgan fingerprint density at radius 3 is 1.00 bits per heavy atom. The molecule has 0 aromatic heterocycles. The van der Waals surface area contributed by atoms with Crippen molar-refractivity contribution in [1.82, 2.24) is 6.15 Å². The Morgan fingerprint density at radius 1 is 1.00 bits per heavy atom. The van der Waals surface area contributed by atoms with Gasteiger partial charge in [0.2, 0.25) is 0 Å². The summed E-state index contributed by atoms with van der Waals surface area (Å²) in [4.78, 5) is 0. The van der Waals surface area contributed by atoms with Gasteiger partial charge in [0.1, 0.15) is 0 Å². The minimum atomic E-state index is 0. The number of hydrogen-bond acceptors (Lipinski definition) is 1. The molecule has 4 heavy (non-hydrogen) atoms. The Bertz CT molecular complexity index is 8.00. The molecule has 0 bridgehead atoms. The van der Waals surface area contributed by atoms with Gasteiger partial charge in [0.15, 0.2) is 0 Å². The molecule has 0 atom stereocenters. The Kier molecular flexibility index (Phi) is 1830. The predicted octanol–water partition coefficient (Wildman–Crippen LogP) is 0.415. The summed E-state index contributed by atoms with van der Waals surface area (Å²) >= 11 is 0. The first-order chi connectivity index (χ1) is 0. The standard InChI is InChI=1S/CH4.Mn.H3N.Si/h1H4;;1H3;. The van der Waals surface area contributed by atoms with Crippen LogP contribution < -0.4 is 6.15 Å². The molecule has 3 N–H and O–H groups in total. The monoisotopic (exact) mass is 116 g/mol. The van der Waals surface area contributed by atoms with Crippen LogP contribution in [0, 0.1) is 0 Å². The molecular weight excluding hydrogens is 109 g/mol. The van der Waals surface area contributed by atoms with Crippen LogP contribution in [0.5, 0.6) is 0 Å². The first-order valence-electron chi connectivity index (χ1n) is 0. The Balaban J connectivity index is 0. The summed E-state index contributed by atoms with van der Waals surface area (Å²) in [5.41, 5.74) is 0. The Morgan fingerprint density at radius 2 is 1.00 bits per heavy atom. The molecule has 1 nitrogen and oxygen atoms in total. The zero-order valence-corrected chi connectivity index (χ0v) is 3.77. The summed E-state index contributed by atoms with van der Waals surface area (Å²) in [7, 11) is 0. The van der Waals surface area contributed by atoms with E-state index in [0.29, 0.717) is 0 Å². The quantitative estimate of drug-likeness (QED) is 0.457. The average molecular weight is 116 g/mol. The van der Waals surface area contributed by atoms with E-state index in [2.05, 4.69) is 0 Å². The van der Waals surface area contributed by atoms with Crippen LogP contribution in [0.2, 0.25) is 0 Å². The van der Waals surface area contributed by atoms with Crippen molar-refractivity contribution in [2.75, 3.05) is 0 Å². The maximum Gasteiger partial charge on any atom is 0 e. The van der Waals surface area contributed by atoms with Gasteiger partial charge in [-0.25, -0.2) is 0 Å². The van der Waals surface area contributed by atoms with Crippen LogP contribution in [0.25, 0.3) is 0 Å². The zero-order valence-electron chi connectivity index (χ0n) is 1.59. The van der Waals surface area contributed by atoms with Crippen LogP contribution in [0.15, 0.2) is 0 Å². The van der Waals surface area contributed by atoms with Gasteiger partial charge in [-0.1, -0.05) is 7.43 Å². The number of rotatable bonds is 0. The number of hydrogen-bond donors (Lipinski definition) is 1. The van der Waals surface area contributed by atoms with Crippen molar-refractivity contribution < 1.29 is 17.1 Å². The van der Waals surface area contributed by atoms with Gasteiger partial charge in [0, 0.05) is 28.0 Å². The third kappa shape index (κ3) is 16.0. The topological polar surface area (TPSA) is 35.0 Å². The fourth-order valence-electron chi connectivity index (χ4n) is 0. The maximum atomic E-state index is 0. The molecule has 0 rings (SSSR count). The fourth-order valence-corrected chi connectivity index (χ4v) is 0. The first-order valence-corrected chi connectivity index (χ1v) is 0. The van der Waals surface area contributed by atoms with Crippen molar-refractivity contribution in [3.05, 3.63) is 0 Å². The van der Waals surface area contributed by atoms with E-state index in [1.54, 1.807) is 0 Å². The summed E-state index contributed by atoms with van der Waals surface area (Å²) in [5.74, 6) is 0. The van der Waals surface area contributed by atoms with Crippen LogP contribution in [0.1, 0.15) is 7.43 Å². The molecule has 0 spiro atoms. The second kappa shape index (κ2) is 55.4. The summed E-state index contributed by atoms with van der Waals surface area (Å²) in [6.07, 6.45) is 0. The van der Waals surface area contributed by atoms with E-state index in [0.717, 1.165) is 0 Å². The van der Waals surface area contributed by atoms with Crippen LogP contribution in [-0.2, 0) is 17.1 Å². The molecule has 0 fully saturated rings. The van der Waals surface area contributed by atoms with Gasteiger partial charge in [0.05, 0.1) is 0 Å². The normalized spacial score (nSPS) is 0. The second-order valence-corrected chi connectivity index (χ2v) is 0. The molecule has 0 saturated heterocycles. The van der Waals surface area contributed by atoms with Crippen LogP contribution in [0.4, 0.5) is 0 Å². The van der Waals surface area contributed by atoms with Gasteiger partial charge in [-0.15, -0.1) is 0 Å². The molecule has 0 unspecified atom stereocenters. The summed E-state index contributed by atoms with van der Waals surface area (Å²) < 4.78 is 0. The van der Waals surface area contributed by atoms with Crippen molar-refractivity contribution in [2.45, 2.75) is 7.43 Å². The zero-order chi connectivity index (χ0) is 0. The van der Waals surface area contributed by atoms with E-state index in [1.807, 2.05) is 0 Å². The van der Waals surface area contributed by atoms with Crippen molar-refractivity contribution in [1.29, 1.82) is 0 Å².